The van der Waals surface area contributed by atoms with Crippen molar-refractivity contribution in [1.82, 2.24) is 15.2 Å². The number of aromatic nitrogens is 1. The Morgan fingerprint density at radius 1 is 1.56 bits per heavy atom. The third-order valence-electron chi connectivity index (χ3n) is 2.72. The lowest BCUT2D eigenvalue weighted by molar-refractivity contribution is -0.131. The summed E-state index contributed by atoms with van der Waals surface area (Å²) >= 11 is 1.68. The maximum atomic E-state index is 11.9. The molecule has 1 aromatic heterocycles. The van der Waals surface area contributed by atoms with Crippen molar-refractivity contribution in [3.8, 4) is 0 Å². The number of carbonyl (C=O) groups excluding carboxylic acids is 1. The highest BCUT2D eigenvalue weighted by Crippen LogP contribution is 2.14. The van der Waals surface area contributed by atoms with E-state index in [0.717, 1.165) is 37.6 Å². The van der Waals surface area contributed by atoms with E-state index in [1.54, 1.807) is 11.3 Å². The largest absolute Gasteiger partial charge is 0.340 e. The molecule has 16 heavy (non-hydrogen) atoms. The first kappa shape index (κ1) is 11.5. The van der Waals surface area contributed by atoms with Crippen molar-refractivity contribution >= 4 is 17.2 Å². The number of thiazole rings is 1. The van der Waals surface area contributed by atoms with E-state index in [0.29, 0.717) is 6.42 Å². The second kappa shape index (κ2) is 5.41. The van der Waals surface area contributed by atoms with Crippen LogP contribution in [0.5, 0.6) is 0 Å². The van der Waals surface area contributed by atoms with E-state index in [4.69, 9.17) is 0 Å². The van der Waals surface area contributed by atoms with Crippen LogP contribution in [0.2, 0.25) is 0 Å². The molecule has 1 saturated heterocycles. The highest BCUT2D eigenvalue weighted by Gasteiger charge is 2.15. The van der Waals surface area contributed by atoms with E-state index in [1.807, 2.05) is 18.0 Å². The van der Waals surface area contributed by atoms with Crippen LogP contribution in [0.3, 0.4) is 0 Å². The molecule has 0 radical (unpaired) electrons. The van der Waals surface area contributed by atoms with Crippen LogP contribution in [0.15, 0.2) is 6.20 Å². The fraction of sp³-hybridized carbons (Fsp3) is 0.636. The molecular weight excluding hydrogens is 222 g/mol. The summed E-state index contributed by atoms with van der Waals surface area (Å²) in [6.45, 7) is 5.53. The molecule has 0 aliphatic carbocycles. The molecular formula is C11H17N3OS. The quantitative estimate of drug-likeness (QED) is 0.849. The zero-order valence-corrected chi connectivity index (χ0v) is 10.3. The first-order valence-electron chi connectivity index (χ1n) is 5.65. The van der Waals surface area contributed by atoms with Gasteiger partial charge in [0.25, 0.3) is 0 Å². The molecule has 2 rings (SSSR count). The second-order valence-electron chi connectivity index (χ2n) is 3.98. The summed E-state index contributed by atoms with van der Waals surface area (Å²) in [7, 11) is 0. The monoisotopic (exact) mass is 239 g/mol. The molecule has 1 aromatic rings. The summed E-state index contributed by atoms with van der Waals surface area (Å²) < 4.78 is 0. The summed E-state index contributed by atoms with van der Waals surface area (Å²) in [4.78, 5) is 19.2. The molecule has 0 aromatic carbocycles. The maximum absolute atomic E-state index is 11.9. The summed E-state index contributed by atoms with van der Waals surface area (Å²) in [6.07, 6.45) is 3.32. The number of amides is 1. The fourth-order valence-electron chi connectivity index (χ4n) is 1.82. The minimum Gasteiger partial charge on any atom is -0.340 e. The average Bonchev–Trinajstić information content (AvgIpc) is 2.73. The predicted molar refractivity (Wildman–Crippen MR) is 64.6 cm³/mol. The zero-order valence-electron chi connectivity index (χ0n) is 9.53. The van der Waals surface area contributed by atoms with Crippen molar-refractivity contribution in [2.75, 3.05) is 26.2 Å². The smallest absolute Gasteiger partial charge is 0.223 e. The number of hydrogen-bond acceptors (Lipinski definition) is 4. The van der Waals surface area contributed by atoms with Gasteiger partial charge in [-0.25, -0.2) is 4.98 Å². The normalized spacial score (nSPS) is 16.4. The van der Waals surface area contributed by atoms with Gasteiger partial charge in [0.1, 0.15) is 0 Å². The molecule has 0 bridgehead atoms. The molecule has 1 N–H and O–H groups in total. The Balaban J connectivity index is 1.78. The minimum absolute atomic E-state index is 0.271. The summed E-state index contributed by atoms with van der Waals surface area (Å²) in [5, 5.41) is 4.32. The third kappa shape index (κ3) is 3.02. The van der Waals surface area contributed by atoms with Crippen molar-refractivity contribution in [1.29, 1.82) is 0 Å². The molecule has 1 aliphatic rings. The number of piperazine rings is 1. The fourth-order valence-corrected chi connectivity index (χ4v) is 2.62. The molecule has 2 heterocycles. The molecule has 1 amide bonds. The SMILES string of the molecule is Cc1ncc(CCC(=O)N2CCNCC2)s1. The van der Waals surface area contributed by atoms with Gasteiger partial charge in [-0.3, -0.25) is 4.79 Å². The van der Waals surface area contributed by atoms with Crippen LogP contribution in [0.25, 0.3) is 0 Å². The molecule has 88 valence electrons. The van der Waals surface area contributed by atoms with Crippen LogP contribution in [-0.4, -0.2) is 42.0 Å². The Kier molecular flexibility index (Phi) is 3.90. The van der Waals surface area contributed by atoms with Gasteiger partial charge in [-0.05, 0) is 13.3 Å². The van der Waals surface area contributed by atoms with Gasteiger partial charge >= 0.3 is 0 Å². The topological polar surface area (TPSA) is 45.2 Å². The molecule has 0 saturated carbocycles. The van der Waals surface area contributed by atoms with E-state index >= 15 is 0 Å². The lowest BCUT2D eigenvalue weighted by Crippen LogP contribution is -2.46. The van der Waals surface area contributed by atoms with Crippen LogP contribution < -0.4 is 5.32 Å². The summed E-state index contributed by atoms with van der Waals surface area (Å²) in [5.74, 6) is 0.271. The van der Waals surface area contributed by atoms with Crippen LogP contribution in [0, 0.1) is 6.92 Å². The lowest BCUT2D eigenvalue weighted by Gasteiger charge is -2.27. The third-order valence-corrected chi connectivity index (χ3v) is 3.70. The number of rotatable bonds is 3. The molecule has 4 nitrogen and oxygen atoms in total. The van der Waals surface area contributed by atoms with Crippen molar-refractivity contribution < 1.29 is 4.79 Å². The summed E-state index contributed by atoms with van der Waals surface area (Å²) in [5.41, 5.74) is 0. The number of aryl methyl sites for hydroxylation is 2. The standard InChI is InChI=1S/C11H17N3OS/c1-9-13-8-10(16-9)2-3-11(15)14-6-4-12-5-7-14/h8,12H,2-7H2,1H3. The highest BCUT2D eigenvalue weighted by molar-refractivity contribution is 7.11. The molecule has 0 spiro atoms. The Morgan fingerprint density at radius 2 is 2.31 bits per heavy atom. The Labute approximate surface area is 99.7 Å². The number of nitrogens with zero attached hydrogens (tertiary/aromatic N) is 2. The van der Waals surface area contributed by atoms with E-state index in [2.05, 4.69) is 10.3 Å². The van der Waals surface area contributed by atoms with Gasteiger partial charge in [0, 0.05) is 43.7 Å². The van der Waals surface area contributed by atoms with Crippen LogP contribution >= 0.6 is 11.3 Å². The summed E-state index contributed by atoms with van der Waals surface area (Å²) in [6, 6.07) is 0. The average molecular weight is 239 g/mol. The first-order valence-corrected chi connectivity index (χ1v) is 6.47. The Morgan fingerprint density at radius 3 is 2.94 bits per heavy atom. The van der Waals surface area contributed by atoms with Gasteiger partial charge in [-0.2, -0.15) is 0 Å². The van der Waals surface area contributed by atoms with Crippen LogP contribution in [0.1, 0.15) is 16.3 Å². The van der Waals surface area contributed by atoms with E-state index < -0.39 is 0 Å². The molecule has 1 aliphatic heterocycles. The van der Waals surface area contributed by atoms with Crippen LogP contribution in [-0.2, 0) is 11.2 Å². The molecule has 5 heteroatoms. The Bertz CT molecular complexity index is 358. The zero-order chi connectivity index (χ0) is 11.4. The van der Waals surface area contributed by atoms with E-state index in [9.17, 15) is 4.79 Å². The minimum atomic E-state index is 0.271. The molecule has 0 unspecified atom stereocenters. The maximum Gasteiger partial charge on any atom is 0.223 e. The first-order chi connectivity index (χ1) is 7.75. The van der Waals surface area contributed by atoms with Gasteiger partial charge in [-0.15, -0.1) is 11.3 Å². The lowest BCUT2D eigenvalue weighted by atomic mass is 10.2. The van der Waals surface area contributed by atoms with Gasteiger partial charge < -0.3 is 10.2 Å². The molecule has 1 fully saturated rings. The second-order valence-corrected chi connectivity index (χ2v) is 5.30. The molecule has 0 atom stereocenters. The van der Waals surface area contributed by atoms with E-state index in [-0.39, 0.29) is 5.91 Å². The van der Waals surface area contributed by atoms with Gasteiger partial charge in [0.2, 0.25) is 5.91 Å². The van der Waals surface area contributed by atoms with Crippen molar-refractivity contribution in [3.63, 3.8) is 0 Å². The van der Waals surface area contributed by atoms with Crippen molar-refractivity contribution in [3.05, 3.63) is 16.1 Å². The predicted octanol–water partition coefficient (Wildman–Crippen LogP) is 0.816. The van der Waals surface area contributed by atoms with Gasteiger partial charge in [0.05, 0.1) is 5.01 Å². The van der Waals surface area contributed by atoms with Crippen molar-refractivity contribution in [2.45, 2.75) is 19.8 Å². The number of carbonyl (C=O) groups is 1. The van der Waals surface area contributed by atoms with Gasteiger partial charge in [0.15, 0.2) is 0 Å². The van der Waals surface area contributed by atoms with Gasteiger partial charge in [-0.1, -0.05) is 0 Å². The Hall–Kier alpha value is -0.940. The highest BCUT2D eigenvalue weighted by atomic mass is 32.1. The number of hydrogen-bond donors (Lipinski definition) is 1. The van der Waals surface area contributed by atoms with Crippen LogP contribution in [0.4, 0.5) is 0 Å². The van der Waals surface area contributed by atoms with Crippen molar-refractivity contribution in [2.24, 2.45) is 0 Å². The van der Waals surface area contributed by atoms with E-state index in [1.165, 1.54) is 4.88 Å². The number of nitrogens with one attached hydrogen (secondary N) is 1.